The maximum Gasteiger partial charge on any atom is 0.312 e. The molecule has 51 heavy (non-hydrogen) atoms. The van der Waals surface area contributed by atoms with Gasteiger partial charge in [0, 0.05) is 44.8 Å². The Hall–Kier alpha value is -1.15. The third-order valence-corrected chi connectivity index (χ3v) is 18.7. The zero-order valence-electron chi connectivity index (χ0n) is 33.2. The number of piperazine rings is 1. The van der Waals surface area contributed by atoms with Crippen LogP contribution in [0.1, 0.15) is 119 Å². The number of aliphatic carboxylic acids is 1. The highest BCUT2D eigenvalue weighted by atomic mass is 32.2. The lowest BCUT2D eigenvalue weighted by molar-refractivity contribution is -0.221. The van der Waals surface area contributed by atoms with Crippen molar-refractivity contribution in [2.24, 2.45) is 56.7 Å². The van der Waals surface area contributed by atoms with Gasteiger partial charge in [0.15, 0.2) is 0 Å². The van der Waals surface area contributed by atoms with Crippen LogP contribution in [0.5, 0.6) is 0 Å². The number of nitrogens with zero attached hydrogens (tertiary/aromatic N) is 2. The highest BCUT2D eigenvalue weighted by Gasteiger charge is 2.70. The second-order valence-electron chi connectivity index (χ2n) is 19.9. The van der Waals surface area contributed by atoms with Gasteiger partial charge < -0.3 is 10.4 Å². The van der Waals surface area contributed by atoms with Gasteiger partial charge in [-0.25, -0.2) is 8.70 Å². The van der Waals surface area contributed by atoms with Crippen LogP contribution >= 0.6 is 11.9 Å². The lowest BCUT2D eigenvalue weighted by Gasteiger charge is -2.72. The molecular formula is C44H70FN3O2S. The molecule has 1 aliphatic heterocycles. The summed E-state index contributed by atoms with van der Waals surface area (Å²) in [6, 6.07) is 0. The normalized spacial score (nSPS) is 45.5. The number of carboxylic acid groups (broad SMARTS) is 1. The van der Waals surface area contributed by atoms with Crippen LogP contribution in [0, 0.1) is 56.7 Å². The summed E-state index contributed by atoms with van der Waals surface area (Å²) in [6.45, 7) is 26.3. The molecule has 5 fully saturated rings. The number of hydrogen-bond donors (Lipinski definition) is 2. The van der Waals surface area contributed by atoms with Crippen LogP contribution in [0.15, 0.2) is 35.5 Å². The number of halogens is 1. The third kappa shape index (κ3) is 5.81. The smallest absolute Gasteiger partial charge is 0.312 e. The number of alkyl halides is 1. The van der Waals surface area contributed by atoms with E-state index in [4.69, 9.17) is 0 Å². The number of fused-ring (bicyclic) bond motifs is 7. The minimum Gasteiger partial charge on any atom is -0.481 e. The summed E-state index contributed by atoms with van der Waals surface area (Å²) < 4.78 is 16.5. The molecule has 0 aromatic rings. The van der Waals surface area contributed by atoms with Crippen molar-refractivity contribution >= 4 is 17.9 Å². The quantitative estimate of drug-likeness (QED) is 0.183. The van der Waals surface area contributed by atoms with Gasteiger partial charge in [0.2, 0.25) is 0 Å². The van der Waals surface area contributed by atoms with Gasteiger partial charge in [0.05, 0.1) is 5.41 Å². The first kappa shape index (κ1) is 38.1. The lowest BCUT2D eigenvalue weighted by atomic mass is 9.33. The first-order valence-corrected chi connectivity index (χ1v) is 21.9. The van der Waals surface area contributed by atoms with Gasteiger partial charge in [-0.3, -0.25) is 9.69 Å². The molecule has 2 N–H and O–H groups in total. The highest BCUT2D eigenvalue weighted by Crippen LogP contribution is 2.76. The van der Waals surface area contributed by atoms with E-state index >= 15 is 0 Å². The molecule has 0 radical (unpaired) electrons. The van der Waals surface area contributed by atoms with Crippen molar-refractivity contribution in [3.05, 3.63) is 35.5 Å². The number of nitrogens with one attached hydrogen (secondary N) is 1. The Balaban J connectivity index is 1.12. The summed E-state index contributed by atoms with van der Waals surface area (Å²) in [5.74, 6) is 2.34. The number of hydrogen-bond acceptors (Lipinski definition) is 5. The fourth-order valence-electron chi connectivity index (χ4n) is 14.7. The summed E-state index contributed by atoms with van der Waals surface area (Å²) in [5.41, 5.74) is 4.03. The molecule has 0 aromatic heterocycles. The van der Waals surface area contributed by atoms with Crippen molar-refractivity contribution in [3.8, 4) is 0 Å². The van der Waals surface area contributed by atoms with Gasteiger partial charge in [-0.15, -0.1) is 0 Å². The summed E-state index contributed by atoms with van der Waals surface area (Å²) >= 11 is 1.89. The van der Waals surface area contributed by atoms with Crippen molar-refractivity contribution in [1.29, 1.82) is 0 Å². The summed E-state index contributed by atoms with van der Waals surface area (Å²) in [7, 11) is 0. The molecule has 0 bridgehead atoms. The van der Waals surface area contributed by atoms with Gasteiger partial charge in [-0.2, -0.15) is 0 Å². The van der Waals surface area contributed by atoms with E-state index in [0.717, 1.165) is 25.4 Å². The van der Waals surface area contributed by atoms with Crippen LogP contribution in [-0.4, -0.2) is 78.0 Å². The van der Waals surface area contributed by atoms with E-state index in [1.807, 2.05) is 11.9 Å². The molecule has 7 rings (SSSR count). The molecule has 0 amide bonds. The lowest BCUT2D eigenvalue weighted by Crippen LogP contribution is -2.68. The summed E-state index contributed by atoms with van der Waals surface area (Å²) in [4.78, 5) is 14.7. The number of allylic oxidation sites excluding steroid dienone is 5. The fourth-order valence-corrected chi connectivity index (χ4v) is 15.2. The van der Waals surface area contributed by atoms with Gasteiger partial charge >= 0.3 is 5.97 Å². The average molecular weight is 724 g/mol. The van der Waals surface area contributed by atoms with Crippen molar-refractivity contribution in [2.75, 3.05) is 52.2 Å². The van der Waals surface area contributed by atoms with Crippen molar-refractivity contribution in [3.63, 3.8) is 0 Å². The number of rotatable bonds is 9. The van der Waals surface area contributed by atoms with Crippen LogP contribution in [0.3, 0.4) is 0 Å². The summed E-state index contributed by atoms with van der Waals surface area (Å²) in [5, 5.41) is 14.2. The zero-order chi connectivity index (χ0) is 36.6. The predicted octanol–water partition coefficient (Wildman–Crippen LogP) is 9.57. The minimum atomic E-state index is -1.24. The van der Waals surface area contributed by atoms with Crippen molar-refractivity contribution in [1.82, 2.24) is 14.5 Å². The van der Waals surface area contributed by atoms with Crippen LogP contribution in [0.4, 0.5) is 4.39 Å². The Bertz CT molecular complexity index is 1440. The average Bonchev–Trinajstić information content (AvgIpc) is 3.49. The van der Waals surface area contributed by atoms with Gasteiger partial charge in [0.1, 0.15) is 6.67 Å². The van der Waals surface area contributed by atoms with Crippen LogP contribution in [0.2, 0.25) is 0 Å². The molecule has 6 aliphatic carbocycles. The molecular weight excluding hydrogens is 654 g/mol. The first-order chi connectivity index (χ1) is 24.1. The van der Waals surface area contributed by atoms with E-state index in [0.29, 0.717) is 53.8 Å². The minimum absolute atomic E-state index is 0.0149. The SMILES string of the molecule is C=C(C)[C@@H]1CC[C@]2(NCCN3CCN(SC)CC3)CC[C@]3(C)[C@H](CC[C@@H]4[C@@]5(C)CC=C(C6=CC[C@](CF)(C(=O)O)CC6)C(C)(C)[C@@H]5CC[C@]43C)[C@@H]12. The number of carboxylic acids is 1. The Labute approximate surface area is 314 Å². The Morgan fingerprint density at radius 3 is 2.31 bits per heavy atom. The Morgan fingerprint density at radius 2 is 1.69 bits per heavy atom. The maximum absolute atomic E-state index is 14.0. The van der Waals surface area contributed by atoms with Gasteiger partial charge in [-0.1, -0.05) is 70.9 Å². The molecule has 0 unspecified atom stereocenters. The monoisotopic (exact) mass is 724 g/mol. The fraction of sp³-hybridized carbons (Fsp3) is 0.841. The van der Waals surface area contributed by atoms with Crippen LogP contribution in [0.25, 0.3) is 0 Å². The molecule has 4 saturated carbocycles. The van der Waals surface area contributed by atoms with Crippen molar-refractivity contribution < 1.29 is 14.3 Å². The second-order valence-corrected chi connectivity index (χ2v) is 20.8. The van der Waals surface area contributed by atoms with Crippen LogP contribution in [-0.2, 0) is 4.79 Å². The molecule has 1 heterocycles. The molecule has 1 saturated heterocycles. The van der Waals surface area contributed by atoms with Crippen molar-refractivity contribution in [2.45, 2.75) is 124 Å². The first-order valence-electron chi connectivity index (χ1n) is 20.7. The molecule has 5 nitrogen and oxygen atoms in total. The number of carbonyl (C=O) groups is 1. The molecule has 10 atom stereocenters. The van der Waals surface area contributed by atoms with E-state index < -0.39 is 18.1 Å². The van der Waals surface area contributed by atoms with Gasteiger partial charge in [-0.05, 0) is 153 Å². The van der Waals surface area contributed by atoms with E-state index in [1.54, 1.807) is 0 Å². The molecule has 0 spiro atoms. The second kappa shape index (κ2) is 13.6. The van der Waals surface area contributed by atoms with Crippen LogP contribution < -0.4 is 5.32 Å². The molecule has 286 valence electrons. The van der Waals surface area contributed by atoms with E-state index in [-0.39, 0.29) is 16.4 Å². The largest absolute Gasteiger partial charge is 0.481 e. The molecule has 7 heteroatoms. The Kier molecular flexibility index (Phi) is 10.1. The van der Waals surface area contributed by atoms with E-state index in [1.165, 1.54) is 94.3 Å². The summed E-state index contributed by atoms with van der Waals surface area (Å²) in [6.07, 6.45) is 19.8. The Morgan fingerprint density at radius 1 is 0.941 bits per heavy atom. The standard InChI is InChI=1S/C44H70FN3O2S/c1-30(2)32-13-20-44(46-23-24-47-25-27-48(51-8)28-26-47)22-21-41(6)34(37(32)44)9-10-36-40(5)16-14-33(39(3,4)35(40)15-17-42(36,41)7)31-11-18-43(29-45,19-12-31)38(49)50/h11,14,32,34-37,46H,1,9-10,12-13,15-29H2,2-8H3,(H,49,50)/t32-,34+,35-,36+,37+,40-,41+,42+,43-,44-/m0/s1. The van der Waals surface area contributed by atoms with E-state index in [2.05, 4.69) is 81.1 Å². The third-order valence-electron chi connectivity index (χ3n) is 17.8. The molecule has 7 aliphatic rings. The topological polar surface area (TPSA) is 55.8 Å². The predicted molar refractivity (Wildman–Crippen MR) is 210 cm³/mol. The zero-order valence-corrected chi connectivity index (χ0v) is 34.0. The van der Waals surface area contributed by atoms with Gasteiger partial charge in [0.25, 0.3) is 0 Å². The molecule has 0 aromatic carbocycles. The highest BCUT2D eigenvalue weighted by molar-refractivity contribution is 7.96. The van der Waals surface area contributed by atoms with E-state index in [9.17, 15) is 14.3 Å². The maximum atomic E-state index is 14.0.